The molecule has 0 bridgehead atoms. The Labute approximate surface area is 152 Å². The Morgan fingerprint density at radius 2 is 1.96 bits per heavy atom. The molecule has 5 rings (SSSR count). The summed E-state index contributed by atoms with van der Waals surface area (Å²) >= 11 is 0. The lowest BCUT2D eigenvalue weighted by Gasteiger charge is -2.07. The summed E-state index contributed by atoms with van der Waals surface area (Å²) in [5.74, 6) is 2.01. The van der Waals surface area contributed by atoms with E-state index in [0.717, 1.165) is 65.0 Å². The fourth-order valence-electron chi connectivity index (χ4n) is 4.10. The predicted octanol–water partition coefficient (Wildman–Crippen LogP) is 3.49. The number of aryl methyl sites for hydroxylation is 5. The molecule has 0 fully saturated rings. The van der Waals surface area contributed by atoms with Crippen LogP contribution in [0.15, 0.2) is 30.5 Å². The first-order valence-electron chi connectivity index (χ1n) is 9.25. The molecule has 0 atom stereocenters. The fourth-order valence-corrected chi connectivity index (χ4v) is 4.10. The summed E-state index contributed by atoms with van der Waals surface area (Å²) in [7, 11) is 2.08. The fraction of sp³-hybridized carbons (Fsp3) is 0.333. The largest absolute Gasteiger partial charge is 0.331 e. The van der Waals surface area contributed by atoms with Crippen molar-refractivity contribution < 1.29 is 0 Å². The maximum Gasteiger partial charge on any atom is 0.129 e. The van der Waals surface area contributed by atoms with Crippen molar-refractivity contribution in [1.29, 1.82) is 0 Å². The van der Waals surface area contributed by atoms with Crippen LogP contribution < -0.4 is 0 Å². The van der Waals surface area contributed by atoms with E-state index in [9.17, 15) is 0 Å². The monoisotopic (exact) mass is 343 g/mol. The molecule has 0 amide bonds. The van der Waals surface area contributed by atoms with Crippen LogP contribution in [0.25, 0.3) is 21.9 Å². The highest BCUT2D eigenvalue weighted by Crippen LogP contribution is 2.25. The van der Waals surface area contributed by atoms with Crippen molar-refractivity contribution in [3.05, 3.63) is 59.1 Å². The van der Waals surface area contributed by atoms with Crippen LogP contribution in [0.2, 0.25) is 0 Å². The minimum absolute atomic E-state index is 0.821. The van der Waals surface area contributed by atoms with Crippen LogP contribution in [0.5, 0.6) is 0 Å². The molecule has 1 aliphatic rings. The van der Waals surface area contributed by atoms with Crippen LogP contribution in [0.3, 0.4) is 0 Å². The van der Waals surface area contributed by atoms with E-state index < -0.39 is 0 Å². The lowest BCUT2D eigenvalue weighted by Crippen LogP contribution is -2.07. The molecule has 0 aliphatic heterocycles. The molecule has 0 spiro atoms. The van der Waals surface area contributed by atoms with Crippen LogP contribution in [0, 0.1) is 6.92 Å². The van der Waals surface area contributed by atoms with Gasteiger partial charge in [-0.05, 0) is 56.0 Å². The van der Waals surface area contributed by atoms with Gasteiger partial charge in [0.1, 0.15) is 11.6 Å². The molecule has 1 aromatic carbocycles. The van der Waals surface area contributed by atoms with E-state index in [1.54, 1.807) is 0 Å². The SMILES string of the molecule is Cc1nc(CCc2nc3c4cccnc4ccc3n2C)nc2c1CCC2. The third kappa shape index (κ3) is 2.38. The molecule has 5 nitrogen and oxygen atoms in total. The Hall–Kier alpha value is -2.82. The van der Waals surface area contributed by atoms with E-state index in [0.29, 0.717) is 0 Å². The molecule has 0 N–H and O–H groups in total. The van der Waals surface area contributed by atoms with Gasteiger partial charge in [-0.25, -0.2) is 15.0 Å². The van der Waals surface area contributed by atoms with Gasteiger partial charge in [-0.2, -0.15) is 0 Å². The molecular formula is C21H21N5. The Balaban J connectivity index is 1.49. The highest BCUT2D eigenvalue weighted by atomic mass is 15.1. The van der Waals surface area contributed by atoms with Gasteiger partial charge in [0, 0.05) is 42.9 Å². The number of benzene rings is 1. The second-order valence-electron chi connectivity index (χ2n) is 7.09. The topological polar surface area (TPSA) is 56.5 Å². The minimum Gasteiger partial charge on any atom is -0.331 e. The number of aromatic nitrogens is 5. The molecule has 0 saturated heterocycles. The average molecular weight is 343 g/mol. The normalized spacial score (nSPS) is 13.6. The lowest BCUT2D eigenvalue weighted by atomic mass is 10.2. The van der Waals surface area contributed by atoms with Crippen LogP contribution >= 0.6 is 0 Å². The van der Waals surface area contributed by atoms with Gasteiger partial charge in [0.15, 0.2) is 0 Å². The van der Waals surface area contributed by atoms with Gasteiger partial charge in [-0.15, -0.1) is 0 Å². The first-order valence-corrected chi connectivity index (χ1v) is 9.25. The maximum atomic E-state index is 4.92. The predicted molar refractivity (Wildman–Crippen MR) is 102 cm³/mol. The van der Waals surface area contributed by atoms with Crippen LogP contribution in [-0.2, 0) is 32.7 Å². The van der Waals surface area contributed by atoms with Gasteiger partial charge < -0.3 is 4.57 Å². The number of rotatable bonds is 3. The van der Waals surface area contributed by atoms with Crippen molar-refractivity contribution in [2.45, 2.75) is 39.0 Å². The van der Waals surface area contributed by atoms with Gasteiger partial charge in [-0.1, -0.05) is 0 Å². The zero-order valence-corrected chi connectivity index (χ0v) is 15.2. The Morgan fingerprint density at radius 1 is 1.04 bits per heavy atom. The van der Waals surface area contributed by atoms with Gasteiger partial charge in [0.25, 0.3) is 0 Å². The lowest BCUT2D eigenvalue weighted by molar-refractivity contribution is 0.749. The zero-order valence-electron chi connectivity index (χ0n) is 15.2. The molecule has 1 aliphatic carbocycles. The van der Waals surface area contributed by atoms with Crippen LogP contribution in [-0.4, -0.2) is 24.5 Å². The molecule has 3 heterocycles. The van der Waals surface area contributed by atoms with E-state index in [1.807, 2.05) is 12.3 Å². The van der Waals surface area contributed by atoms with Gasteiger partial charge in [0.05, 0.1) is 16.6 Å². The minimum atomic E-state index is 0.821. The van der Waals surface area contributed by atoms with Crippen LogP contribution in [0.4, 0.5) is 0 Å². The Morgan fingerprint density at radius 3 is 2.88 bits per heavy atom. The van der Waals surface area contributed by atoms with Crippen LogP contribution in [0.1, 0.15) is 35.0 Å². The van der Waals surface area contributed by atoms with Crippen molar-refractivity contribution in [2.75, 3.05) is 0 Å². The Bertz CT molecular complexity index is 1140. The standard InChI is InChI=1S/C21H21N5/c1-13-14-5-3-7-17(14)24-19(23-13)10-11-20-25-21-15-6-4-12-22-16(15)8-9-18(21)26(20)2/h4,6,8-9,12H,3,5,7,10-11H2,1-2H3. The molecule has 0 radical (unpaired) electrons. The third-order valence-corrected chi connectivity index (χ3v) is 5.48. The summed E-state index contributed by atoms with van der Waals surface area (Å²) in [6.07, 6.45) is 6.92. The van der Waals surface area contributed by atoms with E-state index in [-0.39, 0.29) is 0 Å². The number of fused-ring (bicyclic) bond motifs is 4. The first kappa shape index (κ1) is 15.4. The van der Waals surface area contributed by atoms with Crippen molar-refractivity contribution in [1.82, 2.24) is 24.5 Å². The van der Waals surface area contributed by atoms with Crippen molar-refractivity contribution in [3.8, 4) is 0 Å². The van der Waals surface area contributed by atoms with Gasteiger partial charge >= 0.3 is 0 Å². The van der Waals surface area contributed by atoms with E-state index in [2.05, 4.69) is 41.7 Å². The summed E-state index contributed by atoms with van der Waals surface area (Å²) in [6, 6.07) is 8.24. The molecule has 4 aromatic rings. The number of imidazole rings is 1. The molecule has 0 unspecified atom stereocenters. The second-order valence-corrected chi connectivity index (χ2v) is 7.09. The quantitative estimate of drug-likeness (QED) is 0.571. The average Bonchev–Trinajstić information content (AvgIpc) is 3.25. The molecule has 3 aromatic heterocycles. The summed E-state index contributed by atoms with van der Waals surface area (Å²) < 4.78 is 2.18. The summed E-state index contributed by atoms with van der Waals surface area (Å²) in [6.45, 7) is 2.11. The van der Waals surface area contributed by atoms with E-state index in [4.69, 9.17) is 15.0 Å². The summed E-state index contributed by atoms with van der Waals surface area (Å²) in [5, 5.41) is 1.11. The molecule has 26 heavy (non-hydrogen) atoms. The molecule has 0 saturated carbocycles. The number of hydrogen-bond acceptors (Lipinski definition) is 4. The van der Waals surface area contributed by atoms with E-state index >= 15 is 0 Å². The highest BCUT2D eigenvalue weighted by molar-refractivity contribution is 6.02. The van der Waals surface area contributed by atoms with Crippen molar-refractivity contribution in [2.24, 2.45) is 7.05 Å². The number of hydrogen-bond donors (Lipinski definition) is 0. The first-order chi connectivity index (χ1) is 12.7. The zero-order chi connectivity index (χ0) is 17.7. The number of pyridine rings is 1. The van der Waals surface area contributed by atoms with Crippen molar-refractivity contribution in [3.63, 3.8) is 0 Å². The highest BCUT2D eigenvalue weighted by Gasteiger charge is 2.17. The van der Waals surface area contributed by atoms with Crippen molar-refractivity contribution >= 4 is 21.9 Å². The molecule has 130 valence electrons. The maximum absolute atomic E-state index is 4.92. The summed E-state index contributed by atoms with van der Waals surface area (Å²) in [4.78, 5) is 18.9. The van der Waals surface area contributed by atoms with E-state index in [1.165, 1.54) is 17.7 Å². The molecule has 5 heteroatoms. The third-order valence-electron chi connectivity index (χ3n) is 5.48. The summed E-state index contributed by atoms with van der Waals surface area (Å²) in [5.41, 5.74) is 6.95. The smallest absolute Gasteiger partial charge is 0.129 e. The number of nitrogens with zero attached hydrogens (tertiary/aromatic N) is 5. The molecular weight excluding hydrogens is 322 g/mol. The Kier molecular flexibility index (Phi) is 3.48. The second kappa shape index (κ2) is 5.87. The van der Waals surface area contributed by atoms with Gasteiger partial charge in [0.2, 0.25) is 0 Å². The van der Waals surface area contributed by atoms with Gasteiger partial charge in [-0.3, -0.25) is 4.98 Å².